The monoisotopic (exact) mass is 422 g/mol. The third kappa shape index (κ3) is 4.74. The first-order chi connectivity index (χ1) is 15.0. The molecule has 31 heavy (non-hydrogen) atoms. The number of nitrogens with zero attached hydrogens (tertiary/aromatic N) is 3. The fraction of sp³-hybridized carbons (Fsp3) is 0.304. The molecule has 8 heteroatoms. The second-order valence-corrected chi connectivity index (χ2v) is 6.68. The summed E-state index contributed by atoms with van der Waals surface area (Å²) in [5, 5.41) is 9.41. The van der Waals surface area contributed by atoms with E-state index >= 15 is 0 Å². The van der Waals surface area contributed by atoms with Gasteiger partial charge in [-0.05, 0) is 52.0 Å². The molecule has 0 aliphatic rings. The quantitative estimate of drug-likeness (QED) is 0.444. The molecule has 1 N–H and O–H groups in total. The molecule has 0 atom stereocenters. The first-order valence-corrected chi connectivity index (χ1v) is 10.2. The van der Waals surface area contributed by atoms with Crippen molar-refractivity contribution in [3.05, 3.63) is 64.1 Å². The number of aromatic nitrogens is 2. The topological polar surface area (TPSA) is 94.8 Å². The van der Waals surface area contributed by atoms with E-state index in [0.29, 0.717) is 53.3 Å². The lowest BCUT2D eigenvalue weighted by Gasteiger charge is -2.13. The molecule has 3 aromatic rings. The molecular formula is C23H26N4O4. The number of hydrogen-bond donors (Lipinski definition) is 1. The van der Waals surface area contributed by atoms with E-state index in [4.69, 9.17) is 9.47 Å². The van der Waals surface area contributed by atoms with Gasteiger partial charge in [0.15, 0.2) is 5.69 Å². The molecule has 1 heterocycles. The number of benzene rings is 2. The minimum atomic E-state index is -0.503. The van der Waals surface area contributed by atoms with Crippen LogP contribution >= 0.6 is 0 Å². The van der Waals surface area contributed by atoms with Gasteiger partial charge >= 0.3 is 0 Å². The predicted octanol–water partition coefficient (Wildman–Crippen LogP) is 3.37. The number of fused-ring (bicyclic) bond motifs is 1. The first kappa shape index (κ1) is 22.0. The summed E-state index contributed by atoms with van der Waals surface area (Å²) in [5.41, 5.74) is 3.72. The van der Waals surface area contributed by atoms with Crippen molar-refractivity contribution < 1.29 is 14.3 Å². The molecular weight excluding hydrogens is 396 g/mol. The number of aryl methyl sites for hydroxylation is 1. The molecule has 0 bridgehead atoms. The molecule has 2 aromatic carbocycles. The Balaban J connectivity index is 1.96. The lowest BCUT2D eigenvalue weighted by molar-refractivity contribution is 0.0949. The molecule has 0 aliphatic carbocycles. The maximum atomic E-state index is 12.9. The summed E-state index contributed by atoms with van der Waals surface area (Å²) in [7, 11) is 0. The van der Waals surface area contributed by atoms with Gasteiger partial charge in [0.25, 0.3) is 11.5 Å². The molecule has 0 aliphatic heterocycles. The Morgan fingerprint density at radius 3 is 2.45 bits per heavy atom. The maximum absolute atomic E-state index is 12.9. The number of hydrogen-bond acceptors (Lipinski definition) is 6. The van der Waals surface area contributed by atoms with Crippen molar-refractivity contribution in [1.29, 1.82) is 0 Å². The summed E-state index contributed by atoms with van der Waals surface area (Å²) in [6, 6.07) is 12.4. The van der Waals surface area contributed by atoms with E-state index in [1.165, 1.54) is 4.68 Å². The van der Waals surface area contributed by atoms with Crippen LogP contribution in [-0.4, -0.2) is 34.6 Å². The predicted molar refractivity (Wildman–Crippen MR) is 120 cm³/mol. The lowest BCUT2D eigenvalue weighted by atomic mass is 10.1. The van der Waals surface area contributed by atoms with Crippen molar-refractivity contribution in [2.24, 2.45) is 5.10 Å². The zero-order chi connectivity index (χ0) is 22.4. The third-order valence-electron chi connectivity index (χ3n) is 4.66. The Bertz CT molecular complexity index is 1180. The van der Waals surface area contributed by atoms with Crippen LogP contribution in [0.5, 0.6) is 11.5 Å². The second-order valence-electron chi connectivity index (χ2n) is 6.68. The number of carbonyl (C=O) groups excluding carboxylic acids is 1. The van der Waals surface area contributed by atoms with E-state index in [2.05, 4.69) is 15.6 Å². The fourth-order valence-corrected chi connectivity index (χ4v) is 3.19. The van der Waals surface area contributed by atoms with Gasteiger partial charge in [0.2, 0.25) is 0 Å². The molecule has 0 fully saturated rings. The van der Waals surface area contributed by atoms with E-state index in [1.54, 1.807) is 38.1 Å². The van der Waals surface area contributed by atoms with Crippen LogP contribution in [0.15, 0.2) is 52.4 Å². The smallest absolute Gasteiger partial charge is 0.292 e. The molecule has 0 radical (unpaired) electrons. The van der Waals surface area contributed by atoms with Gasteiger partial charge in [-0.15, -0.1) is 0 Å². The third-order valence-corrected chi connectivity index (χ3v) is 4.66. The van der Waals surface area contributed by atoms with Crippen molar-refractivity contribution in [3.8, 4) is 11.5 Å². The standard InChI is InChI=1S/C23H26N4O4/c1-5-27-23(29)18-11-9-8-10-17(18)21(26-27)22(28)25-24-15(4)19-14-16(30-6-2)12-13-20(19)31-7-3/h8-14H,5-7H2,1-4H3,(H,25,28)/b24-15-. The van der Waals surface area contributed by atoms with Crippen LogP contribution in [-0.2, 0) is 6.54 Å². The Morgan fingerprint density at radius 1 is 1.06 bits per heavy atom. The highest BCUT2D eigenvalue weighted by Gasteiger charge is 2.16. The zero-order valence-corrected chi connectivity index (χ0v) is 18.1. The molecule has 8 nitrogen and oxygen atoms in total. The number of carbonyl (C=O) groups is 1. The molecule has 0 spiro atoms. The van der Waals surface area contributed by atoms with Crippen LogP contribution in [0.3, 0.4) is 0 Å². The number of amides is 1. The number of hydrazone groups is 1. The first-order valence-electron chi connectivity index (χ1n) is 10.2. The lowest BCUT2D eigenvalue weighted by Crippen LogP contribution is -2.29. The summed E-state index contributed by atoms with van der Waals surface area (Å²) in [6.45, 7) is 8.76. The van der Waals surface area contributed by atoms with E-state index in [-0.39, 0.29) is 11.3 Å². The van der Waals surface area contributed by atoms with Gasteiger partial charge in [-0.3, -0.25) is 9.59 Å². The van der Waals surface area contributed by atoms with Crippen LogP contribution in [0.2, 0.25) is 0 Å². The van der Waals surface area contributed by atoms with Gasteiger partial charge in [0, 0.05) is 17.5 Å². The number of ether oxygens (including phenoxy) is 2. The van der Waals surface area contributed by atoms with E-state index in [9.17, 15) is 9.59 Å². The van der Waals surface area contributed by atoms with Crippen molar-refractivity contribution in [3.63, 3.8) is 0 Å². The second kappa shape index (κ2) is 9.88. The summed E-state index contributed by atoms with van der Waals surface area (Å²) >= 11 is 0. The van der Waals surface area contributed by atoms with Crippen LogP contribution in [0.1, 0.15) is 43.7 Å². The average Bonchev–Trinajstić information content (AvgIpc) is 2.79. The molecule has 0 unspecified atom stereocenters. The minimum Gasteiger partial charge on any atom is -0.494 e. The largest absolute Gasteiger partial charge is 0.494 e. The summed E-state index contributed by atoms with van der Waals surface area (Å²) in [6.07, 6.45) is 0. The van der Waals surface area contributed by atoms with E-state index < -0.39 is 5.91 Å². The van der Waals surface area contributed by atoms with Crippen LogP contribution < -0.4 is 20.5 Å². The molecule has 1 amide bonds. The zero-order valence-electron chi connectivity index (χ0n) is 18.1. The highest BCUT2D eigenvalue weighted by Crippen LogP contribution is 2.25. The SMILES string of the molecule is CCOc1ccc(OCC)c(/C(C)=N\NC(=O)c2nn(CC)c(=O)c3ccccc23)c1. The van der Waals surface area contributed by atoms with Gasteiger partial charge in [-0.2, -0.15) is 10.2 Å². The van der Waals surface area contributed by atoms with Crippen LogP contribution in [0.4, 0.5) is 0 Å². The van der Waals surface area contributed by atoms with Crippen molar-refractivity contribution in [2.45, 2.75) is 34.2 Å². The average molecular weight is 422 g/mol. The van der Waals surface area contributed by atoms with Crippen molar-refractivity contribution in [1.82, 2.24) is 15.2 Å². The van der Waals surface area contributed by atoms with E-state index in [0.717, 1.165) is 0 Å². The maximum Gasteiger partial charge on any atom is 0.292 e. The highest BCUT2D eigenvalue weighted by atomic mass is 16.5. The molecule has 162 valence electrons. The van der Waals surface area contributed by atoms with Crippen molar-refractivity contribution in [2.75, 3.05) is 13.2 Å². The van der Waals surface area contributed by atoms with Crippen molar-refractivity contribution >= 4 is 22.4 Å². The fourth-order valence-electron chi connectivity index (χ4n) is 3.19. The molecule has 0 saturated heterocycles. The Kier molecular flexibility index (Phi) is 7.02. The Hall–Kier alpha value is -3.68. The minimum absolute atomic E-state index is 0.140. The normalized spacial score (nSPS) is 11.4. The number of nitrogens with one attached hydrogen (secondary N) is 1. The van der Waals surface area contributed by atoms with Crippen LogP contribution in [0, 0.1) is 0 Å². The van der Waals surface area contributed by atoms with Crippen LogP contribution in [0.25, 0.3) is 10.8 Å². The molecule has 1 aromatic heterocycles. The van der Waals surface area contributed by atoms with E-state index in [1.807, 2.05) is 32.0 Å². The van der Waals surface area contributed by atoms with Gasteiger partial charge < -0.3 is 9.47 Å². The highest BCUT2D eigenvalue weighted by molar-refractivity contribution is 6.06. The summed E-state index contributed by atoms with van der Waals surface area (Å²) in [5.74, 6) is 0.825. The molecule has 3 rings (SSSR count). The number of rotatable bonds is 8. The van der Waals surface area contributed by atoms with Gasteiger partial charge in [0.1, 0.15) is 11.5 Å². The Morgan fingerprint density at radius 2 is 1.77 bits per heavy atom. The summed E-state index contributed by atoms with van der Waals surface area (Å²) < 4.78 is 12.5. The van der Waals surface area contributed by atoms with Gasteiger partial charge in [-0.1, -0.05) is 18.2 Å². The van der Waals surface area contributed by atoms with Gasteiger partial charge in [0.05, 0.1) is 24.3 Å². The molecule has 0 saturated carbocycles. The van der Waals surface area contributed by atoms with Gasteiger partial charge in [-0.25, -0.2) is 10.1 Å². The Labute approximate surface area is 180 Å². The summed E-state index contributed by atoms with van der Waals surface area (Å²) in [4.78, 5) is 25.4.